The number of rotatable bonds is 6. The second-order valence-corrected chi connectivity index (χ2v) is 8.20. The van der Waals surface area contributed by atoms with E-state index in [-0.39, 0.29) is 0 Å². The minimum atomic E-state index is -3.30. The van der Waals surface area contributed by atoms with Crippen LogP contribution in [-0.2, 0) is 16.4 Å². The van der Waals surface area contributed by atoms with E-state index in [2.05, 4.69) is 26.1 Å². The zero-order valence-electron chi connectivity index (χ0n) is 13.2. The molecule has 0 aliphatic carbocycles. The first-order chi connectivity index (χ1) is 9.89. The molecule has 1 fully saturated rings. The van der Waals surface area contributed by atoms with E-state index in [4.69, 9.17) is 0 Å². The van der Waals surface area contributed by atoms with E-state index in [1.807, 2.05) is 12.1 Å². The number of nitrogens with one attached hydrogen (secondary N) is 1. The zero-order chi connectivity index (χ0) is 15.5. The highest BCUT2D eigenvalue weighted by Gasteiger charge is 2.30. The molecule has 21 heavy (non-hydrogen) atoms. The molecule has 1 N–H and O–H groups in total. The molecule has 1 heterocycles. The highest BCUT2D eigenvalue weighted by molar-refractivity contribution is 7.89. The number of hydrogen-bond acceptors (Lipinski definition) is 3. The van der Waals surface area contributed by atoms with Crippen LogP contribution in [-0.4, -0.2) is 38.4 Å². The standard InChI is InChI=1S/C16H26N2O2S/c1-13(2)17-10-8-15-4-6-16(7-5-15)21(19,20)18-11-9-14(3)12-18/h4-7,13-14,17H,8-12H2,1-3H3. The maximum absolute atomic E-state index is 12.5. The zero-order valence-corrected chi connectivity index (χ0v) is 14.0. The molecule has 2 rings (SSSR count). The van der Waals surface area contributed by atoms with Crippen molar-refractivity contribution in [1.29, 1.82) is 0 Å². The molecular weight excluding hydrogens is 284 g/mol. The summed E-state index contributed by atoms with van der Waals surface area (Å²) in [7, 11) is -3.30. The second-order valence-electron chi connectivity index (χ2n) is 6.26. The largest absolute Gasteiger partial charge is 0.314 e. The van der Waals surface area contributed by atoms with Gasteiger partial charge in [-0.05, 0) is 43.0 Å². The van der Waals surface area contributed by atoms with E-state index in [1.165, 1.54) is 0 Å². The Labute approximate surface area is 128 Å². The van der Waals surface area contributed by atoms with Crippen LogP contribution in [0.5, 0.6) is 0 Å². The van der Waals surface area contributed by atoms with Crippen LogP contribution < -0.4 is 5.32 Å². The highest BCUT2D eigenvalue weighted by atomic mass is 32.2. The Balaban J connectivity index is 2.01. The summed E-state index contributed by atoms with van der Waals surface area (Å²) in [5.74, 6) is 0.459. The summed E-state index contributed by atoms with van der Waals surface area (Å²) in [5, 5.41) is 3.36. The molecule has 0 bridgehead atoms. The van der Waals surface area contributed by atoms with Crippen molar-refractivity contribution in [3.63, 3.8) is 0 Å². The van der Waals surface area contributed by atoms with Crippen molar-refractivity contribution in [2.24, 2.45) is 5.92 Å². The summed E-state index contributed by atoms with van der Waals surface area (Å²) >= 11 is 0. The maximum atomic E-state index is 12.5. The van der Waals surface area contributed by atoms with Gasteiger partial charge in [0.25, 0.3) is 0 Å². The summed E-state index contributed by atoms with van der Waals surface area (Å²) in [6.07, 6.45) is 1.87. The van der Waals surface area contributed by atoms with Gasteiger partial charge in [-0.2, -0.15) is 4.31 Å². The normalized spacial score (nSPS) is 20.3. The molecule has 1 saturated heterocycles. The Bertz CT molecular complexity index is 552. The highest BCUT2D eigenvalue weighted by Crippen LogP contribution is 2.24. The molecule has 0 radical (unpaired) electrons. The summed E-state index contributed by atoms with van der Waals surface area (Å²) in [6, 6.07) is 7.80. The molecule has 5 heteroatoms. The van der Waals surface area contributed by atoms with Gasteiger partial charge in [0.1, 0.15) is 0 Å². The van der Waals surface area contributed by atoms with Gasteiger partial charge in [-0.15, -0.1) is 0 Å². The SMILES string of the molecule is CC1CCN(S(=O)(=O)c2ccc(CCNC(C)C)cc2)C1. The lowest BCUT2D eigenvalue weighted by molar-refractivity contribution is 0.464. The molecular formula is C16H26N2O2S. The van der Waals surface area contributed by atoms with Crippen molar-refractivity contribution in [2.45, 2.75) is 44.6 Å². The van der Waals surface area contributed by atoms with Crippen LogP contribution in [0.25, 0.3) is 0 Å². The Morgan fingerprint density at radius 3 is 2.48 bits per heavy atom. The molecule has 1 atom stereocenters. The van der Waals surface area contributed by atoms with Crippen LogP contribution >= 0.6 is 0 Å². The van der Waals surface area contributed by atoms with E-state index in [0.717, 1.165) is 24.9 Å². The van der Waals surface area contributed by atoms with Gasteiger partial charge in [0, 0.05) is 19.1 Å². The van der Waals surface area contributed by atoms with Gasteiger partial charge >= 0.3 is 0 Å². The average molecular weight is 310 g/mol. The Morgan fingerprint density at radius 2 is 1.95 bits per heavy atom. The van der Waals surface area contributed by atoms with Crippen molar-refractivity contribution < 1.29 is 8.42 Å². The van der Waals surface area contributed by atoms with Crippen LogP contribution in [0.1, 0.15) is 32.8 Å². The van der Waals surface area contributed by atoms with Gasteiger partial charge in [0.15, 0.2) is 0 Å². The van der Waals surface area contributed by atoms with Gasteiger partial charge in [0.2, 0.25) is 10.0 Å². The van der Waals surface area contributed by atoms with Gasteiger partial charge in [0.05, 0.1) is 4.90 Å². The molecule has 1 aliphatic heterocycles. The fraction of sp³-hybridized carbons (Fsp3) is 0.625. The van der Waals surface area contributed by atoms with Crippen LogP contribution in [0.2, 0.25) is 0 Å². The van der Waals surface area contributed by atoms with E-state index >= 15 is 0 Å². The van der Waals surface area contributed by atoms with E-state index in [1.54, 1.807) is 16.4 Å². The third kappa shape index (κ3) is 4.28. The van der Waals surface area contributed by atoms with E-state index < -0.39 is 10.0 Å². The molecule has 0 amide bonds. The molecule has 1 unspecified atom stereocenters. The summed E-state index contributed by atoms with van der Waals surface area (Å²) in [5.41, 5.74) is 1.16. The van der Waals surface area contributed by atoms with Gasteiger partial charge in [-0.3, -0.25) is 0 Å². The molecule has 1 aliphatic rings. The third-order valence-corrected chi connectivity index (χ3v) is 5.79. The number of hydrogen-bond donors (Lipinski definition) is 1. The van der Waals surface area contributed by atoms with E-state index in [0.29, 0.717) is 29.9 Å². The molecule has 0 spiro atoms. The van der Waals surface area contributed by atoms with Crippen molar-refractivity contribution in [3.8, 4) is 0 Å². The number of benzene rings is 1. The molecule has 0 saturated carbocycles. The minimum absolute atomic E-state index is 0.414. The van der Waals surface area contributed by atoms with Gasteiger partial charge < -0.3 is 5.32 Å². The van der Waals surface area contributed by atoms with Crippen molar-refractivity contribution in [2.75, 3.05) is 19.6 Å². The molecule has 0 aromatic heterocycles. The lowest BCUT2D eigenvalue weighted by atomic mass is 10.1. The Hall–Kier alpha value is -0.910. The van der Waals surface area contributed by atoms with Crippen molar-refractivity contribution in [1.82, 2.24) is 9.62 Å². The first-order valence-electron chi connectivity index (χ1n) is 7.72. The lowest BCUT2D eigenvalue weighted by Gasteiger charge is -2.16. The van der Waals surface area contributed by atoms with Crippen LogP contribution in [0, 0.1) is 5.92 Å². The molecule has 1 aromatic rings. The van der Waals surface area contributed by atoms with Crippen LogP contribution in [0.3, 0.4) is 0 Å². The summed E-state index contributed by atoms with van der Waals surface area (Å²) < 4.78 is 26.6. The fourth-order valence-corrected chi connectivity index (χ4v) is 4.17. The molecule has 4 nitrogen and oxygen atoms in total. The second kappa shape index (κ2) is 6.90. The first-order valence-corrected chi connectivity index (χ1v) is 9.16. The average Bonchev–Trinajstić information content (AvgIpc) is 2.86. The molecule has 1 aromatic carbocycles. The predicted octanol–water partition coefficient (Wildman–Crippen LogP) is 2.26. The van der Waals surface area contributed by atoms with Crippen molar-refractivity contribution >= 4 is 10.0 Å². The summed E-state index contributed by atoms with van der Waals surface area (Å²) in [4.78, 5) is 0.414. The first kappa shape index (κ1) is 16.5. The summed E-state index contributed by atoms with van der Waals surface area (Å²) in [6.45, 7) is 8.53. The number of sulfonamides is 1. The Morgan fingerprint density at radius 1 is 1.29 bits per heavy atom. The van der Waals surface area contributed by atoms with Gasteiger partial charge in [-0.25, -0.2) is 8.42 Å². The lowest BCUT2D eigenvalue weighted by Crippen LogP contribution is -2.28. The smallest absolute Gasteiger partial charge is 0.243 e. The maximum Gasteiger partial charge on any atom is 0.243 e. The minimum Gasteiger partial charge on any atom is -0.314 e. The van der Waals surface area contributed by atoms with Crippen LogP contribution in [0.4, 0.5) is 0 Å². The van der Waals surface area contributed by atoms with Crippen LogP contribution in [0.15, 0.2) is 29.2 Å². The third-order valence-electron chi connectivity index (χ3n) is 3.91. The monoisotopic (exact) mass is 310 g/mol. The quantitative estimate of drug-likeness (QED) is 0.877. The topological polar surface area (TPSA) is 49.4 Å². The van der Waals surface area contributed by atoms with E-state index in [9.17, 15) is 8.42 Å². The molecule has 118 valence electrons. The predicted molar refractivity (Wildman–Crippen MR) is 85.8 cm³/mol. The van der Waals surface area contributed by atoms with Crippen molar-refractivity contribution in [3.05, 3.63) is 29.8 Å². The fourth-order valence-electron chi connectivity index (χ4n) is 2.60. The number of nitrogens with zero attached hydrogens (tertiary/aromatic N) is 1. The Kier molecular flexibility index (Phi) is 5.41. The van der Waals surface area contributed by atoms with Gasteiger partial charge in [-0.1, -0.05) is 32.9 Å².